The van der Waals surface area contributed by atoms with Gasteiger partial charge in [-0.05, 0) is 122 Å². The summed E-state index contributed by atoms with van der Waals surface area (Å²) in [6.07, 6.45) is -32.1. The maximum atomic E-state index is 16.6. The molecule has 136 heavy (non-hydrogen) atoms. The highest BCUT2D eigenvalue weighted by molar-refractivity contribution is 6.32. The van der Waals surface area contributed by atoms with E-state index in [1.165, 1.54) is 25.2 Å². The Morgan fingerprint density at radius 2 is 1.24 bits per heavy atom. The number of primary amides is 1. The number of aliphatic hydroxyl groups is 14. The van der Waals surface area contributed by atoms with E-state index in [-0.39, 0.29) is 52.6 Å². The van der Waals surface area contributed by atoms with Crippen LogP contribution in [0.2, 0.25) is 10.0 Å². The van der Waals surface area contributed by atoms with Crippen molar-refractivity contribution >= 4 is 76.1 Å². The second kappa shape index (κ2) is 47.3. The number of benzene rings is 5. The van der Waals surface area contributed by atoms with E-state index < -0.39 is 337 Å². The van der Waals surface area contributed by atoms with E-state index in [0.717, 1.165) is 99.2 Å². The number of nitrogens with two attached hydrogens (primary N) is 1. The van der Waals surface area contributed by atoms with E-state index >= 15 is 28.8 Å². The predicted octanol–water partition coefficient (Wildman–Crippen LogP) is 0.310. The summed E-state index contributed by atoms with van der Waals surface area (Å²) < 4.78 is 50.5. The van der Waals surface area contributed by atoms with Gasteiger partial charge in [0.15, 0.2) is 47.9 Å². The summed E-state index contributed by atoms with van der Waals surface area (Å²) in [5.41, 5.74) is 2.28. The van der Waals surface area contributed by atoms with Gasteiger partial charge in [-0.25, -0.2) is 0 Å². The first-order valence-corrected chi connectivity index (χ1v) is 45.8. The number of Topliss-reactive ketones (excluding diaryl/α,β-unsaturated/α-hetero) is 2. The number of ketones is 2. The molecule has 42 nitrogen and oxygen atoms in total. The third-order valence-electron chi connectivity index (χ3n) is 25.4. The van der Waals surface area contributed by atoms with E-state index in [1.807, 2.05) is 20.8 Å². The molecule has 11 bridgehead atoms. The first kappa shape index (κ1) is 107. The summed E-state index contributed by atoms with van der Waals surface area (Å²) >= 11 is 14.5. The topological polar surface area (TPSA) is 682 Å². The number of aliphatic hydroxyl groups excluding tert-OH is 14. The highest BCUT2D eigenvalue weighted by Gasteiger charge is 2.54. The molecule has 8 aliphatic rings. The van der Waals surface area contributed by atoms with E-state index in [1.54, 1.807) is 6.92 Å². The van der Waals surface area contributed by atoms with Gasteiger partial charge in [-0.2, -0.15) is 0 Å². The Morgan fingerprint density at radius 3 is 1.85 bits per heavy atom. The van der Waals surface area contributed by atoms with E-state index in [0.29, 0.717) is 12.8 Å². The Hall–Kier alpha value is -9.69. The number of hydrogen-bond acceptors (Lipinski definition) is 35. The molecule has 0 spiro atoms. The van der Waals surface area contributed by atoms with Gasteiger partial charge in [-0.1, -0.05) is 114 Å². The van der Waals surface area contributed by atoms with Crippen LogP contribution in [0, 0.1) is 17.3 Å². The first-order chi connectivity index (χ1) is 64.5. The highest BCUT2D eigenvalue weighted by Crippen LogP contribution is 2.52. The smallest absolute Gasteiger partial charge is 0.251 e. The molecule has 748 valence electrons. The number of ether oxygens (including phenoxy) is 8. The lowest BCUT2D eigenvalue weighted by Crippen LogP contribution is -2.62. The zero-order valence-corrected chi connectivity index (χ0v) is 76.9. The number of hydrogen-bond donors (Lipinski definition) is 25. The molecule has 27 atom stereocenters. The lowest BCUT2D eigenvalue weighted by molar-refractivity contribution is -0.339. The highest BCUT2D eigenvalue weighted by atomic mass is 35.5. The van der Waals surface area contributed by atoms with Crippen LogP contribution in [0.4, 0.5) is 0 Å². The standard InChI is InChI=1S/C92H122Cl2N8O34/c1-7-8-9-10-11-12-13-21-92(5)35-65(129-40(4)83(92)122)134-82-76(118)74(116)63(38-105)133-91(82)136-81-60-29-44-30-61(81)131-59-20-17-43(27-51(59)94)72(114)70-88(127)100-68(87(126)97-22-14-23-98-89(128)78(120)77(119)80(57(111)36-103)135-90-79(121)75(117)73(115)62(37-104)132-90)49-32-46(106)33-54(108)66(49)48-25-41(15-18-53(48)107)47(85(124)102-70)34-56(110)67(44)99-84(123)45(31-64(95)112)28-55(109)69(101-86(125)52(96-6)24-39(2)3)71(113)42-16-19-58(130-60)50(93)26-42/h15-20,25-27,29-30,32-33,39-40,45,47,52,57,62-63,65,67-80,82-83,90-91,96,103-108,111,113-122H,7-14,21-24,28,31,34-38H2,1-6H3,(H2,95,112)(H,97,126)(H,98,128)(H,99,123)(H,100,127)(H,101,125)(H,102,124)/t40?,45-,47+,52+,57+,62?,63?,65-,67+,68-,69-,70-,71+,72+,73?,74-,75?,76?,77+,78+,79?,80+,82?,83-,90?,91+,92+/m0/s1. The van der Waals surface area contributed by atoms with Crippen molar-refractivity contribution in [2.24, 2.45) is 23.0 Å². The molecular formula is C92H122Cl2N8O34. The molecule has 8 aliphatic heterocycles. The van der Waals surface area contributed by atoms with Crippen LogP contribution >= 0.6 is 23.2 Å². The van der Waals surface area contributed by atoms with Crippen LogP contribution in [0.15, 0.2) is 78.9 Å². The van der Waals surface area contributed by atoms with Crippen molar-refractivity contribution < 1.29 is 168 Å². The van der Waals surface area contributed by atoms with Crippen molar-refractivity contribution in [1.29, 1.82) is 0 Å². The molecule has 3 saturated heterocycles. The molecule has 13 rings (SSSR count). The lowest BCUT2D eigenvalue weighted by Gasteiger charge is -2.48. The van der Waals surface area contributed by atoms with Crippen molar-refractivity contribution in [2.75, 3.05) is 40.0 Å². The lowest BCUT2D eigenvalue weighted by atomic mass is 9.73. The number of phenolic OH excluding ortho intramolecular Hbond substituents is 3. The van der Waals surface area contributed by atoms with Crippen LogP contribution in [-0.4, -0.2) is 302 Å². The largest absolute Gasteiger partial charge is 0.508 e. The monoisotopic (exact) mass is 1950 g/mol. The molecule has 0 radical (unpaired) electrons. The van der Waals surface area contributed by atoms with Gasteiger partial charge >= 0.3 is 0 Å². The molecule has 7 amide bonds. The Bertz CT molecular complexity index is 5060. The number of carbonyl (C=O) groups is 9. The molecule has 0 aromatic heterocycles. The number of aromatic hydroxyl groups is 3. The van der Waals surface area contributed by atoms with Gasteiger partial charge in [0.2, 0.25) is 47.5 Å². The molecule has 9 unspecified atom stereocenters. The SMILES string of the molecule is CCCCCCCCC[C@]1(C)C[C@H](OC2C(O)[C@@H](O)C(CO)O[C@@H]2Oc2c3cc4cc2Oc2ccc(cc2Cl)[C@@H](O)[C@@H](NC(=O)[C@@H](CC(C)C)NC)C(=O)C[C@@H](CC(N)=O)C(=O)N[C@H]4C(=O)C[C@H]2C(=O)N[C@H](C(=O)N[C@H](C(=O)NCCCNC(=O)[C@H](O)[C@@H](O)[C@H](OC4OC(CO)C(O)C(O)C4O)[C@H](O)CO)c4cc(O)cc(O)c4-c4cc2ccc4O)[C@H](O)c2ccc(c(Cl)c2)O3)OC(C)[C@@H]1O. The van der Waals surface area contributed by atoms with Crippen molar-refractivity contribution in [3.63, 3.8) is 0 Å². The normalized spacial score (nSPS) is 29.4. The summed E-state index contributed by atoms with van der Waals surface area (Å²) in [6.45, 7) is 5.17. The fourth-order valence-electron chi connectivity index (χ4n) is 17.7. The van der Waals surface area contributed by atoms with Gasteiger partial charge in [-0.3, -0.25) is 43.2 Å². The van der Waals surface area contributed by atoms with Gasteiger partial charge in [0, 0.05) is 61.4 Å². The molecule has 3 fully saturated rings. The number of unbranched alkanes of at least 4 members (excludes halogenated alkanes) is 6. The number of amides is 7. The van der Waals surface area contributed by atoms with Crippen molar-refractivity contribution in [1.82, 2.24) is 37.2 Å². The minimum absolute atomic E-state index is 0.00180. The Balaban J connectivity index is 1.03. The first-order valence-electron chi connectivity index (χ1n) is 45.1. The maximum absolute atomic E-state index is 16.6. The summed E-state index contributed by atoms with van der Waals surface area (Å²) in [4.78, 5) is 136. The van der Waals surface area contributed by atoms with E-state index in [9.17, 15) is 101 Å². The fourth-order valence-corrected chi connectivity index (χ4v) is 18.2. The van der Waals surface area contributed by atoms with Gasteiger partial charge in [0.05, 0.1) is 60.0 Å². The van der Waals surface area contributed by atoms with Crippen LogP contribution in [-0.2, 0) is 66.8 Å². The van der Waals surface area contributed by atoms with Gasteiger partial charge in [-0.15, -0.1) is 0 Å². The van der Waals surface area contributed by atoms with Gasteiger partial charge in [0.25, 0.3) is 5.91 Å². The molecule has 8 heterocycles. The summed E-state index contributed by atoms with van der Waals surface area (Å²) in [6, 6.07) is 4.24. The van der Waals surface area contributed by atoms with Crippen LogP contribution in [0.1, 0.15) is 183 Å². The minimum atomic E-state index is -2.53. The molecule has 44 heteroatoms. The second-order valence-corrected chi connectivity index (χ2v) is 36.7. The number of likely N-dealkylation sites (N-methyl/N-ethyl adjacent to an activating group) is 1. The van der Waals surface area contributed by atoms with E-state index in [2.05, 4.69) is 44.1 Å². The zero-order valence-electron chi connectivity index (χ0n) is 75.4. The molecule has 0 aliphatic carbocycles. The molecule has 0 saturated carbocycles. The number of phenols is 3. The van der Waals surface area contributed by atoms with Crippen molar-refractivity contribution in [3.8, 4) is 57.1 Å². The van der Waals surface area contributed by atoms with Crippen LogP contribution in [0.5, 0.6) is 46.0 Å². The quantitative estimate of drug-likeness (QED) is 0.0251. The Kier molecular flexibility index (Phi) is 37.1. The number of halogens is 2. The Morgan fingerprint density at radius 1 is 0.632 bits per heavy atom. The second-order valence-electron chi connectivity index (χ2n) is 35.9. The van der Waals surface area contributed by atoms with E-state index in [4.69, 9.17) is 66.8 Å². The van der Waals surface area contributed by atoms with Gasteiger partial charge < -0.3 is 168 Å². The number of rotatable bonds is 33. The fraction of sp³-hybridized carbons (Fsp3) is 0.576. The maximum Gasteiger partial charge on any atom is 0.251 e. The van der Waals surface area contributed by atoms with Crippen molar-refractivity contribution in [2.45, 2.75) is 277 Å². The summed E-state index contributed by atoms with van der Waals surface area (Å²) in [5, 5.41) is 208. The zero-order chi connectivity index (χ0) is 99.3. The molecular weight excluding hydrogens is 1830 g/mol. The molecule has 5 aromatic rings. The number of fused-ring (bicyclic) bond motifs is 15. The predicted molar refractivity (Wildman–Crippen MR) is 477 cm³/mol. The molecule has 5 aromatic carbocycles. The summed E-state index contributed by atoms with van der Waals surface area (Å²) in [7, 11) is 1.48. The minimum Gasteiger partial charge on any atom is -0.508 e. The van der Waals surface area contributed by atoms with Crippen LogP contribution in [0.3, 0.4) is 0 Å². The Labute approximate surface area is 791 Å². The average Bonchev–Trinajstić information content (AvgIpc) is 0.762. The van der Waals surface area contributed by atoms with Crippen LogP contribution in [0.25, 0.3) is 11.1 Å². The van der Waals surface area contributed by atoms with Crippen LogP contribution < -0.4 is 57.2 Å². The summed E-state index contributed by atoms with van der Waals surface area (Å²) in [5.74, 6) is -20.1. The average molecular weight is 1950 g/mol. The van der Waals surface area contributed by atoms with Crippen molar-refractivity contribution in [3.05, 3.63) is 117 Å². The number of carbonyl (C=O) groups excluding carboxylic acids is 9. The molecule has 26 N–H and O–H groups in total. The number of nitrogens with one attached hydrogen (secondary N) is 7. The van der Waals surface area contributed by atoms with Gasteiger partial charge in [0.1, 0.15) is 126 Å². The third-order valence-corrected chi connectivity index (χ3v) is 26.0. The third kappa shape index (κ3) is 25.1.